The number of carbonyl (C=O) groups is 1. The molecule has 0 bridgehead atoms. The quantitative estimate of drug-likeness (QED) is 0.727. The molecule has 0 radical (unpaired) electrons. The molecule has 6 heteroatoms. The van der Waals surface area contributed by atoms with Crippen LogP contribution in [0.25, 0.3) is 0 Å². The maximum atomic E-state index is 12.4. The molecule has 0 aromatic rings. The monoisotopic (exact) mass is 301 g/mol. The van der Waals surface area contributed by atoms with Crippen LogP contribution in [0.15, 0.2) is 0 Å². The van der Waals surface area contributed by atoms with Crippen LogP contribution in [0.4, 0.5) is 0 Å². The molecule has 0 saturated carbocycles. The zero-order chi connectivity index (χ0) is 15.2. The van der Waals surface area contributed by atoms with Gasteiger partial charge in [-0.25, -0.2) is 0 Å². The molecule has 2 fully saturated rings. The SMILES string of the molecule is CO[C@H]1[C@H](N(C)C(=O)CC[C@H]2CCCO2)COC[C@H]1OC. The fraction of sp³-hybridized carbons (Fsp3) is 0.933. The molecule has 0 aliphatic carbocycles. The third-order valence-electron chi connectivity index (χ3n) is 4.49. The molecule has 4 atom stereocenters. The summed E-state index contributed by atoms with van der Waals surface area (Å²) in [5.74, 6) is 0.109. The van der Waals surface area contributed by atoms with E-state index in [1.807, 2.05) is 7.05 Å². The largest absolute Gasteiger partial charge is 0.378 e. The number of methoxy groups -OCH3 is 2. The van der Waals surface area contributed by atoms with Gasteiger partial charge in [-0.2, -0.15) is 0 Å². The van der Waals surface area contributed by atoms with Crippen molar-refractivity contribution < 1.29 is 23.7 Å². The second-order valence-electron chi connectivity index (χ2n) is 5.76. The van der Waals surface area contributed by atoms with Crippen molar-refractivity contribution >= 4 is 5.91 Å². The van der Waals surface area contributed by atoms with Crippen LogP contribution < -0.4 is 0 Å². The Balaban J connectivity index is 1.87. The topological polar surface area (TPSA) is 57.2 Å². The van der Waals surface area contributed by atoms with Crippen molar-refractivity contribution in [3.63, 3.8) is 0 Å². The van der Waals surface area contributed by atoms with Crippen LogP contribution in [0.5, 0.6) is 0 Å². The van der Waals surface area contributed by atoms with Gasteiger partial charge in [0.1, 0.15) is 12.2 Å². The smallest absolute Gasteiger partial charge is 0.222 e. The van der Waals surface area contributed by atoms with E-state index in [0.717, 1.165) is 25.9 Å². The Morgan fingerprint density at radius 1 is 1.29 bits per heavy atom. The normalized spacial score (nSPS) is 33.1. The molecule has 0 spiro atoms. The Kier molecular flexibility index (Phi) is 6.41. The van der Waals surface area contributed by atoms with Crippen molar-refractivity contribution in [3.05, 3.63) is 0 Å². The first-order valence-corrected chi connectivity index (χ1v) is 7.68. The Labute approximate surface area is 126 Å². The molecule has 0 aromatic heterocycles. The molecule has 2 saturated heterocycles. The Morgan fingerprint density at radius 3 is 2.71 bits per heavy atom. The van der Waals surface area contributed by atoms with Gasteiger partial charge in [-0.3, -0.25) is 4.79 Å². The molecule has 2 aliphatic heterocycles. The van der Waals surface area contributed by atoms with E-state index in [9.17, 15) is 4.79 Å². The Morgan fingerprint density at radius 2 is 2.10 bits per heavy atom. The lowest BCUT2D eigenvalue weighted by molar-refractivity contribution is -0.165. The van der Waals surface area contributed by atoms with Crippen molar-refractivity contribution in [2.45, 2.75) is 50.0 Å². The average Bonchev–Trinajstić information content (AvgIpc) is 3.04. The van der Waals surface area contributed by atoms with E-state index in [4.69, 9.17) is 18.9 Å². The highest BCUT2D eigenvalue weighted by Gasteiger charge is 2.38. The first-order valence-electron chi connectivity index (χ1n) is 7.68. The fourth-order valence-corrected chi connectivity index (χ4v) is 3.10. The van der Waals surface area contributed by atoms with E-state index >= 15 is 0 Å². The van der Waals surface area contributed by atoms with Gasteiger partial charge in [0.15, 0.2) is 0 Å². The van der Waals surface area contributed by atoms with Crippen LogP contribution in [0.3, 0.4) is 0 Å². The number of hydrogen-bond donors (Lipinski definition) is 0. The van der Waals surface area contributed by atoms with Crippen molar-refractivity contribution in [1.29, 1.82) is 0 Å². The van der Waals surface area contributed by atoms with Crippen LogP contribution in [-0.4, -0.2) is 76.2 Å². The van der Waals surface area contributed by atoms with Crippen molar-refractivity contribution in [2.24, 2.45) is 0 Å². The molecule has 1 amide bonds. The molecule has 2 heterocycles. The van der Waals surface area contributed by atoms with Gasteiger partial charge in [0.2, 0.25) is 5.91 Å². The van der Waals surface area contributed by atoms with Crippen LogP contribution in [0.1, 0.15) is 25.7 Å². The van der Waals surface area contributed by atoms with Crippen molar-refractivity contribution in [3.8, 4) is 0 Å². The Hall–Kier alpha value is -0.690. The summed E-state index contributed by atoms with van der Waals surface area (Å²) >= 11 is 0. The Bertz CT molecular complexity index is 332. The van der Waals surface area contributed by atoms with Crippen molar-refractivity contribution in [1.82, 2.24) is 4.90 Å². The van der Waals surface area contributed by atoms with E-state index < -0.39 is 0 Å². The summed E-state index contributed by atoms with van der Waals surface area (Å²) in [6.45, 7) is 1.82. The van der Waals surface area contributed by atoms with E-state index in [-0.39, 0.29) is 30.3 Å². The maximum absolute atomic E-state index is 12.4. The van der Waals surface area contributed by atoms with Gasteiger partial charge >= 0.3 is 0 Å². The number of ether oxygens (including phenoxy) is 4. The lowest BCUT2D eigenvalue weighted by Crippen LogP contribution is -2.57. The predicted molar refractivity (Wildman–Crippen MR) is 77.2 cm³/mol. The highest BCUT2D eigenvalue weighted by atomic mass is 16.6. The number of amides is 1. The van der Waals surface area contributed by atoms with Crippen LogP contribution in [0.2, 0.25) is 0 Å². The first kappa shape index (κ1) is 16.7. The first-order chi connectivity index (χ1) is 10.2. The molecule has 0 unspecified atom stereocenters. The van der Waals surface area contributed by atoms with E-state index in [2.05, 4.69) is 0 Å². The number of nitrogens with zero attached hydrogens (tertiary/aromatic N) is 1. The highest BCUT2D eigenvalue weighted by Crippen LogP contribution is 2.21. The van der Waals surface area contributed by atoms with E-state index in [1.165, 1.54) is 0 Å². The lowest BCUT2D eigenvalue weighted by Gasteiger charge is -2.40. The van der Waals surface area contributed by atoms with Crippen LogP contribution in [-0.2, 0) is 23.7 Å². The fourth-order valence-electron chi connectivity index (χ4n) is 3.10. The van der Waals surface area contributed by atoms with Gasteiger partial charge < -0.3 is 23.8 Å². The second-order valence-corrected chi connectivity index (χ2v) is 5.76. The minimum atomic E-state index is -0.152. The summed E-state index contributed by atoms with van der Waals surface area (Å²) in [7, 11) is 5.11. The van der Waals surface area contributed by atoms with Crippen LogP contribution in [0, 0.1) is 0 Å². The predicted octanol–water partition coefficient (Wildman–Crippen LogP) is 0.833. The zero-order valence-electron chi connectivity index (χ0n) is 13.2. The van der Waals surface area contributed by atoms with Crippen molar-refractivity contribution in [2.75, 3.05) is 41.1 Å². The minimum absolute atomic E-state index is 0.106. The van der Waals surface area contributed by atoms with Gasteiger partial charge in [0, 0.05) is 34.3 Å². The van der Waals surface area contributed by atoms with Gasteiger partial charge in [-0.1, -0.05) is 0 Å². The molecule has 6 nitrogen and oxygen atoms in total. The highest BCUT2D eigenvalue weighted by molar-refractivity contribution is 5.76. The zero-order valence-corrected chi connectivity index (χ0v) is 13.2. The average molecular weight is 301 g/mol. The standard InChI is InChI=1S/C15H27NO5/c1-16(14(17)7-6-11-5-4-8-21-11)12-9-20-10-13(18-2)15(12)19-3/h11-13,15H,4-10H2,1-3H3/t11-,12-,13-,15+/m1/s1. The maximum Gasteiger partial charge on any atom is 0.222 e. The second kappa shape index (κ2) is 8.08. The summed E-state index contributed by atoms with van der Waals surface area (Å²) in [6.07, 6.45) is 3.42. The molecule has 0 aromatic carbocycles. The summed E-state index contributed by atoms with van der Waals surface area (Å²) < 4.78 is 22.0. The summed E-state index contributed by atoms with van der Waals surface area (Å²) in [6, 6.07) is -0.106. The minimum Gasteiger partial charge on any atom is -0.378 e. The number of hydrogen-bond acceptors (Lipinski definition) is 5. The number of carbonyl (C=O) groups excluding carboxylic acids is 1. The molecular weight excluding hydrogens is 274 g/mol. The number of likely N-dealkylation sites (N-methyl/N-ethyl adjacent to an activating group) is 1. The third kappa shape index (κ3) is 4.16. The van der Waals surface area contributed by atoms with Gasteiger partial charge in [-0.15, -0.1) is 0 Å². The van der Waals surface area contributed by atoms with E-state index in [0.29, 0.717) is 19.6 Å². The summed E-state index contributed by atoms with van der Waals surface area (Å²) in [5.41, 5.74) is 0. The molecular formula is C15H27NO5. The van der Waals surface area contributed by atoms with Gasteiger partial charge in [0.05, 0.1) is 25.4 Å². The van der Waals surface area contributed by atoms with Gasteiger partial charge in [0.25, 0.3) is 0 Å². The van der Waals surface area contributed by atoms with E-state index in [1.54, 1.807) is 19.1 Å². The summed E-state index contributed by atoms with van der Waals surface area (Å²) in [4.78, 5) is 14.1. The lowest BCUT2D eigenvalue weighted by atomic mass is 10.0. The summed E-state index contributed by atoms with van der Waals surface area (Å²) in [5, 5.41) is 0. The van der Waals surface area contributed by atoms with Crippen LogP contribution >= 0.6 is 0 Å². The third-order valence-corrected chi connectivity index (χ3v) is 4.49. The molecule has 21 heavy (non-hydrogen) atoms. The number of rotatable bonds is 6. The van der Waals surface area contributed by atoms with Gasteiger partial charge in [-0.05, 0) is 19.3 Å². The molecule has 122 valence electrons. The molecule has 0 N–H and O–H groups in total. The molecule has 2 rings (SSSR count). The molecule has 2 aliphatic rings.